The number of piperazine rings is 1. The summed E-state index contributed by atoms with van der Waals surface area (Å²) in [7, 11) is 0. The van der Waals surface area contributed by atoms with Gasteiger partial charge >= 0.3 is 0 Å². The van der Waals surface area contributed by atoms with Crippen LogP contribution in [0.3, 0.4) is 0 Å². The standard InChI is InChI=1S/C12H19N3O3/c13-8-10(16)9-14-3-5-15(6-4-14)12(17)11-2-1-7-18-11/h1-2,7,10,16H,3-6,8-9,13H2. The van der Waals surface area contributed by atoms with Crippen LogP contribution in [-0.2, 0) is 0 Å². The van der Waals surface area contributed by atoms with E-state index in [9.17, 15) is 9.90 Å². The van der Waals surface area contributed by atoms with E-state index in [0.29, 0.717) is 25.4 Å². The lowest BCUT2D eigenvalue weighted by Crippen LogP contribution is -2.51. The van der Waals surface area contributed by atoms with E-state index in [2.05, 4.69) is 4.90 Å². The number of β-amino-alcohol motifs (C(OH)–C–C–N with tert-alkyl or cyclic N) is 1. The number of aliphatic hydroxyl groups excluding tert-OH is 1. The number of furan rings is 1. The van der Waals surface area contributed by atoms with Crippen LogP contribution in [0.5, 0.6) is 0 Å². The van der Waals surface area contributed by atoms with Crippen molar-refractivity contribution in [3.63, 3.8) is 0 Å². The zero-order chi connectivity index (χ0) is 13.0. The van der Waals surface area contributed by atoms with E-state index in [0.717, 1.165) is 13.1 Å². The molecule has 6 nitrogen and oxygen atoms in total. The minimum absolute atomic E-state index is 0.0703. The molecule has 18 heavy (non-hydrogen) atoms. The maximum absolute atomic E-state index is 12.0. The van der Waals surface area contributed by atoms with Crippen LogP contribution in [0.25, 0.3) is 0 Å². The van der Waals surface area contributed by atoms with Gasteiger partial charge in [0.15, 0.2) is 5.76 Å². The van der Waals surface area contributed by atoms with Gasteiger partial charge in [0.2, 0.25) is 0 Å². The second-order valence-corrected chi connectivity index (χ2v) is 4.46. The summed E-state index contributed by atoms with van der Waals surface area (Å²) >= 11 is 0. The Balaban J connectivity index is 1.81. The van der Waals surface area contributed by atoms with Crippen LogP contribution in [0.4, 0.5) is 0 Å². The second kappa shape index (κ2) is 5.99. The molecule has 2 heterocycles. The van der Waals surface area contributed by atoms with Crippen molar-refractivity contribution in [2.24, 2.45) is 5.73 Å². The third kappa shape index (κ3) is 3.10. The third-order valence-electron chi connectivity index (χ3n) is 3.13. The first-order valence-corrected chi connectivity index (χ1v) is 6.14. The molecule has 1 fully saturated rings. The highest BCUT2D eigenvalue weighted by Gasteiger charge is 2.24. The molecule has 100 valence electrons. The Bertz CT molecular complexity index is 372. The van der Waals surface area contributed by atoms with Crippen molar-refractivity contribution in [1.82, 2.24) is 9.80 Å². The fourth-order valence-corrected chi connectivity index (χ4v) is 2.06. The van der Waals surface area contributed by atoms with Gasteiger partial charge in [-0.2, -0.15) is 0 Å². The minimum atomic E-state index is -0.489. The Labute approximate surface area is 106 Å². The highest BCUT2D eigenvalue weighted by atomic mass is 16.3. The summed E-state index contributed by atoms with van der Waals surface area (Å²) in [5.41, 5.74) is 5.38. The molecule has 0 spiro atoms. The van der Waals surface area contributed by atoms with Crippen LogP contribution in [-0.4, -0.2) is 66.2 Å². The van der Waals surface area contributed by atoms with Gasteiger partial charge in [0.1, 0.15) is 0 Å². The molecule has 1 aromatic rings. The number of carbonyl (C=O) groups excluding carboxylic acids is 1. The van der Waals surface area contributed by atoms with E-state index in [1.807, 2.05) is 0 Å². The molecule has 1 saturated heterocycles. The number of nitrogens with zero attached hydrogens (tertiary/aromatic N) is 2. The van der Waals surface area contributed by atoms with Crippen molar-refractivity contribution in [3.05, 3.63) is 24.2 Å². The summed E-state index contributed by atoms with van der Waals surface area (Å²) in [6.07, 6.45) is 1.01. The maximum Gasteiger partial charge on any atom is 0.289 e. The van der Waals surface area contributed by atoms with E-state index in [4.69, 9.17) is 10.2 Å². The number of rotatable bonds is 4. The van der Waals surface area contributed by atoms with Gasteiger partial charge in [-0.3, -0.25) is 9.69 Å². The molecule has 0 aliphatic carbocycles. The fourth-order valence-electron chi connectivity index (χ4n) is 2.06. The summed E-state index contributed by atoms with van der Waals surface area (Å²) in [6.45, 7) is 3.64. The zero-order valence-electron chi connectivity index (χ0n) is 10.3. The van der Waals surface area contributed by atoms with Gasteiger partial charge in [-0.15, -0.1) is 0 Å². The maximum atomic E-state index is 12.0. The van der Waals surface area contributed by atoms with Gasteiger partial charge in [-0.1, -0.05) is 0 Å². The van der Waals surface area contributed by atoms with Crippen molar-refractivity contribution in [2.75, 3.05) is 39.3 Å². The van der Waals surface area contributed by atoms with Crippen molar-refractivity contribution in [1.29, 1.82) is 0 Å². The lowest BCUT2D eigenvalue weighted by Gasteiger charge is -2.35. The van der Waals surface area contributed by atoms with Crippen LogP contribution in [0, 0.1) is 0 Å². The average molecular weight is 253 g/mol. The van der Waals surface area contributed by atoms with E-state index < -0.39 is 6.10 Å². The van der Waals surface area contributed by atoms with Crippen LogP contribution < -0.4 is 5.73 Å². The molecule has 0 radical (unpaired) electrons. The Hall–Kier alpha value is -1.37. The van der Waals surface area contributed by atoms with Crippen LogP contribution in [0.15, 0.2) is 22.8 Å². The number of nitrogens with two attached hydrogens (primary N) is 1. The van der Waals surface area contributed by atoms with E-state index in [1.54, 1.807) is 17.0 Å². The average Bonchev–Trinajstić information content (AvgIpc) is 2.92. The molecule has 1 atom stereocenters. The minimum Gasteiger partial charge on any atom is -0.459 e. The molecule has 1 unspecified atom stereocenters. The Morgan fingerprint density at radius 1 is 1.44 bits per heavy atom. The number of amides is 1. The summed E-state index contributed by atoms with van der Waals surface area (Å²) < 4.78 is 5.10. The number of hydrogen-bond donors (Lipinski definition) is 2. The van der Waals surface area contributed by atoms with Crippen LogP contribution in [0.2, 0.25) is 0 Å². The predicted molar refractivity (Wildman–Crippen MR) is 66.1 cm³/mol. The first kappa shape index (κ1) is 13.1. The molecule has 0 saturated carbocycles. The summed E-state index contributed by atoms with van der Waals surface area (Å²) in [5.74, 6) is 0.310. The normalized spacial score (nSPS) is 18.9. The molecule has 1 aliphatic rings. The van der Waals surface area contributed by atoms with E-state index in [-0.39, 0.29) is 12.5 Å². The highest BCUT2D eigenvalue weighted by molar-refractivity contribution is 5.91. The second-order valence-electron chi connectivity index (χ2n) is 4.46. The van der Waals surface area contributed by atoms with Crippen LogP contribution >= 0.6 is 0 Å². The molecular formula is C12H19N3O3. The molecule has 1 aromatic heterocycles. The summed E-state index contributed by atoms with van der Waals surface area (Å²) in [4.78, 5) is 15.9. The summed E-state index contributed by atoms with van der Waals surface area (Å²) in [5, 5.41) is 9.47. The third-order valence-corrected chi connectivity index (χ3v) is 3.13. The van der Waals surface area contributed by atoms with Gasteiger partial charge in [0.25, 0.3) is 5.91 Å². The fraction of sp³-hybridized carbons (Fsp3) is 0.583. The lowest BCUT2D eigenvalue weighted by atomic mass is 10.2. The monoisotopic (exact) mass is 253 g/mol. The van der Waals surface area contributed by atoms with Gasteiger partial charge in [0.05, 0.1) is 12.4 Å². The Morgan fingerprint density at radius 3 is 2.72 bits per heavy atom. The topological polar surface area (TPSA) is 82.9 Å². The Kier molecular flexibility index (Phi) is 4.35. The smallest absolute Gasteiger partial charge is 0.289 e. The summed E-state index contributed by atoms with van der Waals surface area (Å²) in [6, 6.07) is 3.38. The number of aliphatic hydroxyl groups is 1. The van der Waals surface area contributed by atoms with Crippen molar-refractivity contribution < 1.29 is 14.3 Å². The van der Waals surface area contributed by atoms with Gasteiger partial charge in [-0.05, 0) is 12.1 Å². The Morgan fingerprint density at radius 2 is 2.17 bits per heavy atom. The number of carbonyl (C=O) groups is 1. The molecule has 1 aliphatic heterocycles. The SMILES string of the molecule is NCC(O)CN1CCN(C(=O)c2ccco2)CC1. The molecule has 1 amide bonds. The first-order valence-electron chi connectivity index (χ1n) is 6.14. The predicted octanol–water partition coefficient (Wildman–Crippen LogP) is -0.643. The molecular weight excluding hydrogens is 234 g/mol. The first-order chi connectivity index (χ1) is 8.70. The van der Waals surface area contributed by atoms with Gasteiger partial charge in [-0.25, -0.2) is 0 Å². The molecule has 0 bridgehead atoms. The van der Waals surface area contributed by atoms with Gasteiger partial charge in [0, 0.05) is 39.3 Å². The van der Waals surface area contributed by atoms with Crippen molar-refractivity contribution in [3.8, 4) is 0 Å². The molecule has 2 rings (SSSR count). The van der Waals surface area contributed by atoms with Crippen molar-refractivity contribution in [2.45, 2.75) is 6.10 Å². The molecule has 3 N–H and O–H groups in total. The van der Waals surface area contributed by atoms with Crippen molar-refractivity contribution >= 4 is 5.91 Å². The quantitative estimate of drug-likeness (QED) is 0.745. The highest BCUT2D eigenvalue weighted by Crippen LogP contribution is 2.09. The number of hydrogen-bond acceptors (Lipinski definition) is 5. The molecule has 0 aromatic carbocycles. The molecule has 6 heteroatoms. The lowest BCUT2D eigenvalue weighted by molar-refractivity contribution is 0.0516. The van der Waals surface area contributed by atoms with E-state index in [1.165, 1.54) is 6.26 Å². The zero-order valence-corrected chi connectivity index (χ0v) is 10.3. The van der Waals surface area contributed by atoms with Crippen LogP contribution in [0.1, 0.15) is 10.6 Å². The van der Waals surface area contributed by atoms with Gasteiger partial charge < -0.3 is 20.2 Å². The van der Waals surface area contributed by atoms with E-state index >= 15 is 0 Å². The largest absolute Gasteiger partial charge is 0.459 e.